The summed E-state index contributed by atoms with van der Waals surface area (Å²) in [6.45, 7) is 4.00. The Balaban J connectivity index is 2.19. The standard InChI is InChI=1S/C12H16N4/c1-9-6-15-16(8-9)12-4-3-11(7-14-12)5-10(2)13/h3-4,6-8,10H,5,13H2,1-2H3. The average molecular weight is 216 g/mol. The summed E-state index contributed by atoms with van der Waals surface area (Å²) in [7, 11) is 0. The molecule has 0 amide bonds. The molecular weight excluding hydrogens is 200 g/mol. The van der Waals surface area contributed by atoms with E-state index in [1.807, 2.05) is 44.6 Å². The van der Waals surface area contributed by atoms with Crippen LogP contribution in [0.15, 0.2) is 30.7 Å². The molecule has 2 N–H and O–H groups in total. The topological polar surface area (TPSA) is 56.7 Å². The third kappa shape index (κ3) is 2.46. The predicted molar refractivity (Wildman–Crippen MR) is 63.4 cm³/mol. The molecule has 84 valence electrons. The van der Waals surface area contributed by atoms with E-state index in [9.17, 15) is 0 Å². The number of aryl methyl sites for hydroxylation is 1. The van der Waals surface area contributed by atoms with Crippen LogP contribution in [0, 0.1) is 6.92 Å². The maximum atomic E-state index is 5.73. The summed E-state index contributed by atoms with van der Waals surface area (Å²) in [6, 6.07) is 4.17. The number of rotatable bonds is 3. The van der Waals surface area contributed by atoms with Crippen molar-refractivity contribution in [1.82, 2.24) is 14.8 Å². The number of hydrogen-bond donors (Lipinski definition) is 1. The Labute approximate surface area is 95.1 Å². The molecule has 0 spiro atoms. The van der Waals surface area contributed by atoms with Crippen LogP contribution in [0.3, 0.4) is 0 Å². The van der Waals surface area contributed by atoms with Crippen molar-refractivity contribution < 1.29 is 0 Å². The van der Waals surface area contributed by atoms with E-state index in [1.54, 1.807) is 4.68 Å². The second-order valence-electron chi connectivity index (χ2n) is 4.17. The van der Waals surface area contributed by atoms with Crippen molar-refractivity contribution in [3.8, 4) is 5.82 Å². The van der Waals surface area contributed by atoms with Gasteiger partial charge in [-0.05, 0) is 37.5 Å². The lowest BCUT2D eigenvalue weighted by Gasteiger charge is -2.05. The molecule has 0 saturated heterocycles. The maximum absolute atomic E-state index is 5.73. The summed E-state index contributed by atoms with van der Waals surface area (Å²) in [5.74, 6) is 0.835. The lowest BCUT2D eigenvalue weighted by Crippen LogP contribution is -2.17. The Morgan fingerprint density at radius 3 is 2.69 bits per heavy atom. The lowest BCUT2D eigenvalue weighted by molar-refractivity contribution is 0.733. The first-order valence-electron chi connectivity index (χ1n) is 5.37. The predicted octanol–water partition coefficient (Wildman–Crippen LogP) is 1.47. The van der Waals surface area contributed by atoms with Gasteiger partial charge in [-0.1, -0.05) is 6.07 Å². The number of nitrogens with two attached hydrogens (primary N) is 1. The molecule has 0 radical (unpaired) electrons. The zero-order valence-electron chi connectivity index (χ0n) is 9.59. The van der Waals surface area contributed by atoms with Crippen molar-refractivity contribution >= 4 is 0 Å². The van der Waals surface area contributed by atoms with Gasteiger partial charge in [0.25, 0.3) is 0 Å². The molecule has 4 heteroatoms. The number of aromatic nitrogens is 3. The smallest absolute Gasteiger partial charge is 0.153 e. The zero-order chi connectivity index (χ0) is 11.5. The Bertz CT molecular complexity index is 456. The van der Waals surface area contributed by atoms with Crippen LogP contribution in [-0.4, -0.2) is 20.8 Å². The fraction of sp³-hybridized carbons (Fsp3) is 0.333. The second-order valence-corrected chi connectivity index (χ2v) is 4.17. The molecule has 0 aliphatic rings. The van der Waals surface area contributed by atoms with E-state index in [4.69, 9.17) is 5.73 Å². The highest BCUT2D eigenvalue weighted by Gasteiger charge is 2.01. The molecule has 0 aliphatic carbocycles. The molecule has 1 atom stereocenters. The summed E-state index contributed by atoms with van der Waals surface area (Å²) >= 11 is 0. The Hall–Kier alpha value is -1.68. The molecule has 2 rings (SSSR count). The van der Waals surface area contributed by atoms with Crippen molar-refractivity contribution in [3.63, 3.8) is 0 Å². The van der Waals surface area contributed by atoms with E-state index in [2.05, 4.69) is 10.1 Å². The van der Waals surface area contributed by atoms with Gasteiger partial charge in [-0.25, -0.2) is 9.67 Å². The van der Waals surface area contributed by atoms with Gasteiger partial charge in [-0.15, -0.1) is 0 Å². The van der Waals surface area contributed by atoms with Gasteiger partial charge in [-0.3, -0.25) is 0 Å². The summed E-state index contributed by atoms with van der Waals surface area (Å²) in [4.78, 5) is 4.36. The number of nitrogens with zero attached hydrogens (tertiary/aromatic N) is 3. The van der Waals surface area contributed by atoms with Gasteiger partial charge in [0.15, 0.2) is 5.82 Å². The molecular formula is C12H16N4. The van der Waals surface area contributed by atoms with E-state index in [1.165, 1.54) is 0 Å². The molecule has 16 heavy (non-hydrogen) atoms. The van der Waals surface area contributed by atoms with Gasteiger partial charge in [0.05, 0.1) is 6.20 Å². The van der Waals surface area contributed by atoms with Crippen LogP contribution < -0.4 is 5.73 Å². The van der Waals surface area contributed by atoms with Gasteiger partial charge in [0, 0.05) is 18.4 Å². The van der Waals surface area contributed by atoms with E-state index in [0.29, 0.717) is 0 Å². The van der Waals surface area contributed by atoms with E-state index in [-0.39, 0.29) is 6.04 Å². The van der Waals surface area contributed by atoms with E-state index < -0.39 is 0 Å². The number of hydrogen-bond acceptors (Lipinski definition) is 3. The second kappa shape index (κ2) is 4.45. The van der Waals surface area contributed by atoms with Gasteiger partial charge < -0.3 is 5.73 Å². The quantitative estimate of drug-likeness (QED) is 0.845. The van der Waals surface area contributed by atoms with Crippen molar-refractivity contribution in [3.05, 3.63) is 41.9 Å². The van der Waals surface area contributed by atoms with Crippen LogP contribution in [0.4, 0.5) is 0 Å². The molecule has 2 heterocycles. The molecule has 4 nitrogen and oxygen atoms in total. The SMILES string of the molecule is Cc1cnn(-c2ccc(CC(C)N)cn2)c1. The van der Waals surface area contributed by atoms with Gasteiger partial charge in [-0.2, -0.15) is 5.10 Å². The molecule has 0 bridgehead atoms. The molecule has 0 aromatic carbocycles. The summed E-state index contributed by atoms with van der Waals surface area (Å²) in [5.41, 5.74) is 8.01. The van der Waals surface area contributed by atoms with Crippen LogP contribution in [0.1, 0.15) is 18.1 Å². The Morgan fingerprint density at radius 1 is 1.38 bits per heavy atom. The molecule has 2 aromatic heterocycles. The highest BCUT2D eigenvalue weighted by atomic mass is 15.3. The maximum Gasteiger partial charge on any atom is 0.153 e. The van der Waals surface area contributed by atoms with Crippen LogP contribution in [0.2, 0.25) is 0 Å². The van der Waals surface area contributed by atoms with Gasteiger partial charge in [0.2, 0.25) is 0 Å². The van der Waals surface area contributed by atoms with Crippen LogP contribution in [-0.2, 0) is 6.42 Å². The third-order valence-corrected chi connectivity index (χ3v) is 2.31. The fourth-order valence-corrected chi connectivity index (χ4v) is 1.58. The van der Waals surface area contributed by atoms with Crippen molar-refractivity contribution in [2.45, 2.75) is 26.3 Å². The fourth-order valence-electron chi connectivity index (χ4n) is 1.58. The Kier molecular flexibility index (Phi) is 3.01. The summed E-state index contributed by atoms with van der Waals surface area (Å²) < 4.78 is 1.77. The van der Waals surface area contributed by atoms with Crippen LogP contribution in [0.25, 0.3) is 5.82 Å². The first-order chi connectivity index (χ1) is 7.65. The van der Waals surface area contributed by atoms with Gasteiger partial charge >= 0.3 is 0 Å². The monoisotopic (exact) mass is 216 g/mol. The highest BCUT2D eigenvalue weighted by Crippen LogP contribution is 2.07. The molecule has 0 saturated carbocycles. The minimum atomic E-state index is 0.166. The van der Waals surface area contributed by atoms with E-state index >= 15 is 0 Å². The molecule has 2 aromatic rings. The largest absolute Gasteiger partial charge is 0.328 e. The minimum absolute atomic E-state index is 0.166. The molecule has 0 fully saturated rings. The molecule has 1 unspecified atom stereocenters. The first-order valence-corrected chi connectivity index (χ1v) is 5.37. The third-order valence-electron chi connectivity index (χ3n) is 2.31. The zero-order valence-corrected chi connectivity index (χ0v) is 9.59. The minimum Gasteiger partial charge on any atom is -0.328 e. The van der Waals surface area contributed by atoms with E-state index in [0.717, 1.165) is 23.4 Å². The van der Waals surface area contributed by atoms with Crippen LogP contribution >= 0.6 is 0 Å². The number of pyridine rings is 1. The average Bonchev–Trinajstić information content (AvgIpc) is 2.65. The van der Waals surface area contributed by atoms with Crippen LogP contribution in [0.5, 0.6) is 0 Å². The van der Waals surface area contributed by atoms with Gasteiger partial charge in [0.1, 0.15) is 0 Å². The molecule has 0 aliphatic heterocycles. The Morgan fingerprint density at radius 2 is 2.19 bits per heavy atom. The normalized spacial score (nSPS) is 12.7. The first kappa shape index (κ1) is 10.8. The lowest BCUT2D eigenvalue weighted by atomic mass is 10.1. The summed E-state index contributed by atoms with van der Waals surface area (Å²) in [5, 5.41) is 4.21. The van der Waals surface area contributed by atoms with Crippen molar-refractivity contribution in [2.75, 3.05) is 0 Å². The highest BCUT2D eigenvalue weighted by molar-refractivity contribution is 5.25. The van der Waals surface area contributed by atoms with Crippen molar-refractivity contribution in [1.29, 1.82) is 0 Å². The van der Waals surface area contributed by atoms with Crippen molar-refractivity contribution in [2.24, 2.45) is 5.73 Å². The summed E-state index contributed by atoms with van der Waals surface area (Å²) in [6.07, 6.45) is 6.48.